The predicted octanol–water partition coefficient (Wildman–Crippen LogP) is 3.75. The Balaban J connectivity index is 1.46. The molecule has 11 heteroatoms. The zero-order valence-electron chi connectivity index (χ0n) is 19.7. The lowest BCUT2D eigenvalue weighted by atomic mass is 9.82. The molecule has 0 spiro atoms. The molecule has 0 unspecified atom stereocenters. The Hall–Kier alpha value is -2.37. The van der Waals surface area contributed by atoms with Crippen LogP contribution in [0.3, 0.4) is 0 Å². The number of halogens is 3. The van der Waals surface area contributed by atoms with Crippen LogP contribution in [0.25, 0.3) is 0 Å². The molecule has 2 heterocycles. The molecule has 1 saturated heterocycles. The predicted molar refractivity (Wildman–Crippen MR) is 126 cm³/mol. The lowest BCUT2D eigenvalue weighted by molar-refractivity contribution is 0.0155. The number of nitrogens with one attached hydrogen (secondary N) is 1. The summed E-state index contributed by atoms with van der Waals surface area (Å²) >= 11 is 0. The number of rotatable bonds is 8. The first kappa shape index (κ1) is 25.7. The van der Waals surface area contributed by atoms with Gasteiger partial charge in [-0.2, -0.15) is 4.39 Å². The van der Waals surface area contributed by atoms with Crippen molar-refractivity contribution in [2.45, 2.75) is 56.2 Å². The third-order valence-electron chi connectivity index (χ3n) is 6.80. The molecule has 4 rings (SSSR count). The number of ether oxygens (including phenoxy) is 2. The van der Waals surface area contributed by atoms with Gasteiger partial charge in [-0.3, -0.25) is 0 Å². The quantitative estimate of drug-likeness (QED) is 0.579. The summed E-state index contributed by atoms with van der Waals surface area (Å²) < 4.78 is 80.0. The van der Waals surface area contributed by atoms with Gasteiger partial charge in [-0.05, 0) is 55.7 Å². The topological polar surface area (TPSA) is 80.8 Å². The molecule has 2 aromatic rings. The molecule has 1 aliphatic carbocycles. The molecule has 1 aliphatic heterocycles. The molecule has 7 nitrogen and oxygen atoms in total. The van der Waals surface area contributed by atoms with E-state index in [0.717, 1.165) is 43.7 Å². The maximum absolute atomic E-state index is 15.0. The van der Waals surface area contributed by atoms with E-state index in [1.54, 1.807) is 17.0 Å². The van der Waals surface area contributed by atoms with E-state index >= 15 is 0 Å². The van der Waals surface area contributed by atoms with Gasteiger partial charge in [0, 0.05) is 12.6 Å². The highest BCUT2D eigenvalue weighted by atomic mass is 32.2. The number of hydrogen-bond acceptors (Lipinski definition) is 6. The molecule has 0 amide bonds. The molecule has 0 radical (unpaired) electrons. The van der Waals surface area contributed by atoms with Gasteiger partial charge >= 0.3 is 0 Å². The summed E-state index contributed by atoms with van der Waals surface area (Å²) in [6.07, 6.45) is 5.55. The van der Waals surface area contributed by atoms with E-state index in [-0.39, 0.29) is 30.3 Å². The number of sulfonamides is 1. The van der Waals surface area contributed by atoms with Crippen LogP contribution in [-0.4, -0.2) is 58.1 Å². The molecule has 1 aromatic heterocycles. The maximum Gasteiger partial charge on any atom is 0.210 e. The SMILES string of the molecule is COc1c(F)cnc(N2CC[C@H](NS(C)(=O)=O)[C@@H]2COC2CCC(c3cccc(F)c3)CC2)c1F. The van der Waals surface area contributed by atoms with E-state index < -0.39 is 39.5 Å². The van der Waals surface area contributed by atoms with Crippen molar-refractivity contribution in [3.63, 3.8) is 0 Å². The lowest BCUT2D eigenvalue weighted by Crippen LogP contribution is -2.48. The molecule has 0 bridgehead atoms. The van der Waals surface area contributed by atoms with Crippen LogP contribution in [0, 0.1) is 17.5 Å². The van der Waals surface area contributed by atoms with Crippen molar-refractivity contribution in [3.8, 4) is 5.75 Å². The molecule has 35 heavy (non-hydrogen) atoms. The minimum Gasteiger partial charge on any atom is -0.491 e. The number of benzene rings is 1. The van der Waals surface area contributed by atoms with Crippen molar-refractivity contribution in [1.82, 2.24) is 9.71 Å². The second kappa shape index (κ2) is 10.7. The third-order valence-corrected chi connectivity index (χ3v) is 7.53. The fourth-order valence-electron chi connectivity index (χ4n) is 5.12. The van der Waals surface area contributed by atoms with Crippen LogP contribution in [0.15, 0.2) is 30.5 Å². The van der Waals surface area contributed by atoms with Crippen LogP contribution < -0.4 is 14.4 Å². The van der Waals surface area contributed by atoms with Gasteiger partial charge in [0.15, 0.2) is 17.4 Å². The van der Waals surface area contributed by atoms with E-state index in [2.05, 4.69) is 9.71 Å². The molecular formula is C24H30F3N3O4S. The average Bonchev–Trinajstić information content (AvgIpc) is 3.19. The number of aromatic nitrogens is 1. The monoisotopic (exact) mass is 513 g/mol. The first-order valence-corrected chi connectivity index (χ1v) is 13.5. The van der Waals surface area contributed by atoms with Crippen LogP contribution in [0.1, 0.15) is 43.6 Å². The molecule has 2 atom stereocenters. The van der Waals surface area contributed by atoms with Gasteiger partial charge in [0.1, 0.15) is 5.82 Å². The van der Waals surface area contributed by atoms with Crippen LogP contribution in [0.5, 0.6) is 5.75 Å². The first-order chi connectivity index (χ1) is 16.7. The number of nitrogens with zero attached hydrogens (tertiary/aromatic N) is 2. The zero-order chi connectivity index (χ0) is 25.2. The summed E-state index contributed by atoms with van der Waals surface area (Å²) in [5, 5.41) is 0. The van der Waals surface area contributed by atoms with Gasteiger partial charge in [-0.1, -0.05) is 12.1 Å². The molecule has 1 aromatic carbocycles. The molecular weight excluding hydrogens is 483 g/mol. The number of hydrogen-bond donors (Lipinski definition) is 1. The fraction of sp³-hybridized carbons (Fsp3) is 0.542. The Morgan fingerprint density at radius 1 is 1.14 bits per heavy atom. The highest BCUT2D eigenvalue weighted by Crippen LogP contribution is 2.36. The second-order valence-electron chi connectivity index (χ2n) is 9.18. The van der Waals surface area contributed by atoms with Gasteiger partial charge < -0.3 is 14.4 Å². The van der Waals surface area contributed by atoms with Crippen molar-refractivity contribution in [2.75, 3.05) is 31.4 Å². The van der Waals surface area contributed by atoms with Gasteiger partial charge in [0.2, 0.25) is 15.8 Å². The number of pyridine rings is 1. The number of methoxy groups -OCH3 is 1. The molecule has 2 aliphatic rings. The van der Waals surface area contributed by atoms with E-state index in [1.165, 1.54) is 13.2 Å². The van der Waals surface area contributed by atoms with Gasteiger partial charge in [0.05, 0.1) is 38.3 Å². The Bertz CT molecular complexity index is 1140. The molecule has 1 saturated carbocycles. The van der Waals surface area contributed by atoms with E-state index in [4.69, 9.17) is 9.47 Å². The Morgan fingerprint density at radius 2 is 1.89 bits per heavy atom. The van der Waals surface area contributed by atoms with Crippen molar-refractivity contribution < 1.29 is 31.1 Å². The van der Waals surface area contributed by atoms with Gasteiger partial charge in [-0.25, -0.2) is 26.9 Å². The normalized spacial score (nSPS) is 25.1. The van der Waals surface area contributed by atoms with Gasteiger partial charge in [0.25, 0.3) is 0 Å². The summed E-state index contributed by atoms with van der Waals surface area (Å²) in [5.41, 5.74) is 0.981. The third kappa shape index (κ3) is 6.07. The Morgan fingerprint density at radius 3 is 2.54 bits per heavy atom. The van der Waals surface area contributed by atoms with E-state index in [0.29, 0.717) is 13.0 Å². The summed E-state index contributed by atoms with van der Waals surface area (Å²) in [6.45, 7) is 0.454. The average molecular weight is 514 g/mol. The Kier molecular flexibility index (Phi) is 7.87. The van der Waals surface area contributed by atoms with Crippen molar-refractivity contribution in [1.29, 1.82) is 0 Å². The zero-order valence-corrected chi connectivity index (χ0v) is 20.5. The maximum atomic E-state index is 15.0. The summed E-state index contributed by atoms with van der Waals surface area (Å²) in [5.74, 6) is -2.48. The molecule has 192 valence electrons. The van der Waals surface area contributed by atoms with Crippen LogP contribution in [0.2, 0.25) is 0 Å². The summed E-state index contributed by atoms with van der Waals surface area (Å²) in [7, 11) is -2.35. The molecule has 1 N–H and O–H groups in total. The molecule has 2 fully saturated rings. The first-order valence-electron chi connectivity index (χ1n) is 11.6. The van der Waals surface area contributed by atoms with Crippen LogP contribution >= 0.6 is 0 Å². The number of anilines is 1. The lowest BCUT2D eigenvalue weighted by Gasteiger charge is -2.33. The minimum atomic E-state index is -3.52. The summed E-state index contributed by atoms with van der Waals surface area (Å²) in [6, 6.07) is 5.59. The van der Waals surface area contributed by atoms with E-state index in [9.17, 15) is 21.6 Å². The highest BCUT2D eigenvalue weighted by molar-refractivity contribution is 7.88. The summed E-state index contributed by atoms with van der Waals surface area (Å²) in [4.78, 5) is 5.54. The van der Waals surface area contributed by atoms with Crippen LogP contribution in [-0.2, 0) is 14.8 Å². The second-order valence-corrected chi connectivity index (χ2v) is 11.0. The smallest absolute Gasteiger partial charge is 0.210 e. The van der Waals surface area contributed by atoms with Crippen LogP contribution in [0.4, 0.5) is 19.0 Å². The highest BCUT2D eigenvalue weighted by Gasteiger charge is 2.39. The van der Waals surface area contributed by atoms with Crippen molar-refractivity contribution in [3.05, 3.63) is 53.5 Å². The van der Waals surface area contributed by atoms with Crippen molar-refractivity contribution in [2.24, 2.45) is 0 Å². The standard InChI is InChI=1S/C24H30F3N3O4S/c1-33-23-19(26)13-28-24(22(23)27)30-11-10-20(29-35(2,31)32)21(30)14-34-18-8-6-15(7-9-18)16-4-3-5-17(25)12-16/h3-5,12-13,15,18,20-21,29H,6-11,14H2,1-2H3/t15?,18?,20-,21-/m0/s1. The largest absolute Gasteiger partial charge is 0.491 e. The van der Waals surface area contributed by atoms with E-state index in [1.807, 2.05) is 6.07 Å². The van der Waals surface area contributed by atoms with Crippen molar-refractivity contribution >= 4 is 15.8 Å². The fourth-order valence-corrected chi connectivity index (χ4v) is 5.94. The van der Waals surface area contributed by atoms with Gasteiger partial charge in [-0.15, -0.1) is 0 Å². The Labute approximate surface area is 203 Å². The minimum absolute atomic E-state index is 0.0540.